The maximum Gasteiger partial charge on any atom is 0.257 e. The largest absolute Gasteiger partial charge is 0.296 e. The number of benzene rings is 2. The molecule has 0 bridgehead atoms. The molecule has 3 aromatic rings. The molecule has 28 heavy (non-hydrogen) atoms. The fourth-order valence-corrected chi connectivity index (χ4v) is 3.18. The Bertz CT molecular complexity index is 1030. The Hall–Kier alpha value is -3.10. The van der Waals surface area contributed by atoms with Crippen molar-refractivity contribution in [2.24, 2.45) is 5.10 Å². The topological polar surface area (TPSA) is 96.3 Å². The lowest BCUT2D eigenvalue weighted by Crippen LogP contribution is -2.19. The van der Waals surface area contributed by atoms with E-state index in [2.05, 4.69) is 26.0 Å². The molecule has 0 aliphatic carbocycles. The normalized spacial score (nSPS) is 10.8. The number of hydrogen-bond acceptors (Lipinski definition) is 6. The van der Waals surface area contributed by atoms with E-state index in [1.807, 2.05) is 31.2 Å². The second-order valence-electron chi connectivity index (χ2n) is 5.82. The first kappa shape index (κ1) is 19.7. The number of aryl methyl sites for hydroxylation is 1. The molecule has 1 heterocycles. The van der Waals surface area contributed by atoms with Gasteiger partial charge in [-0.15, -0.1) is 10.2 Å². The molecule has 2 aromatic carbocycles. The van der Waals surface area contributed by atoms with Crippen LogP contribution in [0.1, 0.15) is 26.5 Å². The second-order valence-corrected chi connectivity index (χ2v) is 7.29. The first-order valence-corrected chi connectivity index (χ1v) is 9.47. The molecule has 7 nitrogen and oxygen atoms in total. The van der Waals surface area contributed by atoms with Gasteiger partial charge < -0.3 is 0 Å². The van der Waals surface area contributed by atoms with Gasteiger partial charge in [0.2, 0.25) is 11.0 Å². The first-order chi connectivity index (χ1) is 13.5. The summed E-state index contributed by atoms with van der Waals surface area (Å²) in [5.41, 5.74) is 4.62. The summed E-state index contributed by atoms with van der Waals surface area (Å²) < 4.78 is 0. The van der Waals surface area contributed by atoms with Crippen molar-refractivity contribution >= 4 is 46.1 Å². The van der Waals surface area contributed by atoms with Gasteiger partial charge in [-0.1, -0.05) is 58.8 Å². The van der Waals surface area contributed by atoms with Gasteiger partial charge in [0, 0.05) is 16.1 Å². The fraction of sp³-hybridized carbons (Fsp3) is 0.105. The van der Waals surface area contributed by atoms with Gasteiger partial charge in [-0.25, -0.2) is 5.43 Å². The Labute approximate surface area is 170 Å². The van der Waals surface area contributed by atoms with Crippen LogP contribution in [0.5, 0.6) is 0 Å². The summed E-state index contributed by atoms with van der Waals surface area (Å²) in [6, 6.07) is 14.4. The number of halogens is 1. The van der Waals surface area contributed by atoms with Crippen LogP contribution >= 0.6 is 22.9 Å². The van der Waals surface area contributed by atoms with Gasteiger partial charge in [-0.2, -0.15) is 5.10 Å². The Kier molecular flexibility index (Phi) is 6.46. The molecule has 3 rings (SSSR count). The van der Waals surface area contributed by atoms with Crippen LogP contribution in [0.15, 0.2) is 53.6 Å². The first-order valence-electron chi connectivity index (χ1n) is 8.28. The second kappa shape index (κ2) is 9.20. The number of amides is 2. The summed E-state index contributed by atoms with van der Waals surface area (Å²) in [6.07, 6.45) is 1.46. The average Bonchev–Trinajstić information content (AvgIpc) is 3.10. The molecular formula is C19H16ClN5O2S. The molecule has 142 valence electrons. The molecule has 1 aromatic heterocycles. The molecule has 0 unspecified atom stereocenters. The summed E-state index contributed by atoms with van der Waals surface area (Å²) in [6.45, 7) is 1.91. The summed E-state index contributed by atoms with van der Waals surface area (Å²) >= 11 is 7.14. The average molecular weight is 414 g/mol. The quantitative estimate of drug-likeness (QED) is 0.477. The Morgan fingerprint density at radius 3 is 2.79 bits per heavy atom. The van der Waals surface area contributed by atoms with Crippen molar-refractivity contribution in [2.75, 3.05) is 5.32 Å². The van der Waals surface area contributed by atoms with Crippen molar-refractivity contribution in [3.8, 4) is 0 Å². The maximum absolute atomic E-state index is 12.2. The Balaban J connectivity index is 1.53. The molecule has 0 spiro atoms. The van der Waals surface area contributed by atoms with Gasteiger partial charge in [0.15, 0.2) is 0 Å². The lowest BCUT2D eigenvalue weighted by atomic mass is 10.1. The molecule has 2 amide bonds. The standard InChI is InChI=1S/C19H16ClN5O2S/c1-12-5-4-7-13(9-12)18(27)22-19-25-24-17(28-19)10-16(26)23-21-11-14-6-2-3-8-15(14)20/h2-9,11H,10H2,1H3,(H,23,26)(H,22,25,27)/b21-11+. The zero-order valence-electron chi connectivity index (χ0n) is 14.8. The third-order valence-electron chi connectivity index (χ3n) is 3.58. The number of hydrazone groups is 1. The molecule has 0 aliphatic heterocycles. The summed E-state index contributed by atoms with van der Waals surface area (Å²) in [5, 5.41) is 15.7. The van der Waals surface area contributed by atoms with E-state index in [0.29, 0.717) is 26.3 Å². The van der Waals surface area contributed by atoms with Crippen LogP contribution in [-0.2, 0) is 11.2 Å². The predicted molar refractivity (Wildman–Crippen MR) is 110 cm³/mol. The number of anilines is 1. The van der Waals surface area contributed by atoms with Crippen LogP contribution in [0.25, 0.3) is 0 Å². The van der Waals surface area contributed by atoms with E-state index < -0.39 is 0 Å². The highest BCUT2D eigenvalue weighted by atomic mass is 35.5. The monoisotopic (exact) mass is 413 g/mol. The molecular weight excluding hydrogens is 398 g/mol. The van der Waals surface area contributed by atoms with Crippen LogP contribution in [0, 0.1) is 6.92 Å². The minimum Gasteiger partial charge on any atom is -0.296 e. The molecule has 0 radical (unpaired) electrons. The van der Waals surface area contributed by atoms with E-state index in [-0.39, 0.29) is 18.2 Å². The van der Waals surface area contributed by atoms with E-state index in [1.54, 1.807) is 24.3 Å². The van der Waals surface area contributed by atoms with Gasteiger partial charge in [-0.3, -0.25) is 14.9 Å². The van der Waals surface area contributed by atoms with Crippen LogP contribution in [0.3, 0.4) is 0 Å². The van der Waals surface area contributed by atoms with E-state index in [0.717, 1.165) is 16.9 Å². The van der Waals surface area contributed by atoms with E-state index in [1.165, 1.54) is 6.21 Å². The summed E-state index contributed by atoms with van der Waals surface area (Å²) in [4.78, 5) is 24.2. The molecule has 2 N–H and O–H groups in total. The van der Waals surface area contributed by atoms with Crippen molar-refractivity contribution < 1.29 is 9.59 Å². The van der Waals surface area contributed by atoms with Crippen LogP contribution in [0.4, 0.5) is 5.13 Å². The minimum absolute atomic E-state index is 0.00214. The van der Waals surface area contributed by atoms with Gasteiger partial charge >= 0.3 is 0 Å². The number of rotatable bonds is 6. The third-order valence-corrected chi connectivity index (χ3v) is 4.76. The maximum atomic E-state index is 12.2. The van der Waals surface area contributed by atoms with Gasteiger partial charge in [-0.05, 0) is 25.1 Å². The van der Waals surface area contributed by atoms with E-state index >= 15 is 0 Å². The zero-order valence-corrected chi connectivity index (χ0v) is 16.4. The van der Waals surface area contributed by atoms with Crippen molar-refractivity contribution in [1.29, 1.82) is 0 Å². The highest BCUT2D eigenvalue weighted by Gasteiger charge is 2.12. The van der Waals surface area contributed by atoms with Gasteiger partial charge in [0.1, 0.15) is 5.01 Å². The highest BCUT2D eigenvalue weighted by Crippen LogP contribution is 2.17. The molecule has 0 saturated carbocycles. The number of nitrogens with one attached hydrogen (secondary N) is 2. The minimum atomic E-state index is -0.351. The molecule has 0 aliphatic rings. The third kappa shape index (κ3) is 5.45. The van der Waals surface area contributed by atoms with Crippen molar-refractivity contribution in [3.05, 3.63) is 75.3 Å². The number of carbonyl (C=O) groups excluding carboxylic acids is 2. The van der Waals surface area contributed by atoms with Crippen LogP contribution in [-0.4, -0.2) is 28.2 Å². The van der Waals surface area contributed by atoms with Crippen LogP contribution in [0.2, 0.25) is 5.02 Å². The summed E-state index contributed by atoms with van der Waals surface area (Å²) in [7, 11) is 0. The van der Waals surface area contributed by atoms with Crippen molar-refractivity contribution in [3.63, 3.8) is 0 Å². The molecule has 0 saturated heterocycles. The molecule has 0 fully saturated rings. The van der Waals surface area contributed by atoms with Gasteiger partial charge in [0.05, 0.1) is 12.6 Å². The molecule has 9 heteroatoms. The molecule has 0 atom stereocenters. The zero-order chi connectivity index (χ0) is 19.9. The summed E-state index contributed by atoms with van der Waals surface area (Å²) in [5.74, 6) is -0.629. The van der Waals surface area contributed by atoms with Gasteiger partial charge in [0.25, 0.3) is 5.91 Å². The SMILES string of the molecule is Cc1cccc(C(=O)Nc2nnc(CC(=O)N/N=C/c3ccccc3Cl)s2)c1. The smallest absolute Gasteiger partial charge is 0.257 e. The fourth-order valence-electron chi connectivity index (χ4n) is 2.26. The number of carbonyl (C=O) groups is 2. The van der Waals surface area contributed by atoms with Crippen LogP contribution < -0.4 is 10.7 Å². The van der Waals surface area contributed by atoms with E-state index in [9.17, 15) is 9.59 Å². The highest BCUT2D eigenvalue weighted by molar-refractivity contribution is 7.15. The Morgan fingerprint density at radius 2 is 2.00 bits per heavy atom. The van der Waals surface area contributed by atoms with E-state index in [4.69, 9.17) is 11.6 Å². The lowest BCUT2D eigenvalue weighted by molar-refractivity contribution is -0.120. The lowest BCUT2D eigenvalue weighted by Gasteiger charge is -2.01. The number of hydrogen-bond donors (Lipinski definition) is 2. The Morgan fingerprint density at radius 1 is 1.18 bits per heavy atom. The number of aromatic nitrogens is 2. The predicted octanol–water partition coefficient (Wildman–Crippen LogP) is 3.45. The van der Waals surface area contributed by atoms with Crippen molar-refractivity contribution in [1.82, 2.24) is 15.6 Å². The number of nitrogens with zero attached hydrogens (tertiary/aromatic N) is 3. The van der Waals surface area contributed by atoms with Crippen molar-refractivity contribution in [2.45, 2.75) is 13.3 Å².